The van der Waals surface area contributed by atoms with Crippen molar-refractivity contribution >= 4 is 21.6 Å². The molecule has 0 heterocycles. The van der Waals surface area contributed by atoms with Crippen LogP contribution in [0.3, 0.4) is 0 Å². The van der Waals surface area contributed by atoms with Crippen LogP contribution in [0.15, 0.2) is 23.1 Å². The van der Waals surface area contributed by atoms with E-state index in [1.54, 1.807) is 0 Å². The van der Waals surface area contributed by atoms with E-state index in [2.05, 4.69) is 4.72 Å². The Bertz CT molecular complexity index is 594. The van der Waals surface area contributed by atoms with Gasteiger partial charge >= 0.3 is 0 Å². The Morgan fingerprint density at radius 1 is 1.29 bits per heavy atom. The average molecular weight is 336 g/mol. The van der Waals surface area contributed by atoms with E-state index in [-0.39, 0.29) is 30.0 Å². The van der Waals surface area contributed by atoms with E-state index in [9.17, 15) is 17.9 Å². The molecule has 4 nitrogen and oxygen atoms in total. The minimum Gasteiger partial charge on any atom is -0.396 e. The van der Waals surface area contributed by atoms with Gasteiger partial charge in [0, 0.05) is 13.2 Å². The molecule has 0 bridgehead atoms. The summed E-state index contributed by atoms with van der Waals surface area (Å²) in [6.45, 7) is 0.261. The molecule has 2 unspecified atom stereocenters. The van der Waals surface area contributed by atoms with E-state index in [0.29, 0.717) is 0 Å². The van der Waals surface area contributed by atoms with Crippen molar-refractivity contribution in [2.75, 3.05) is 13.2 Å². The first-order valence-corrected chi connectivity index (χ1v) is 8.86. The molecule has 1 aliphatic rings. The van der Waals surface area contributed by atoms with Gasteiger partial charge in [-0.2, -0.15) is 0 Å². The van der Waals surface area contributed by atoms with E-state index >= 15 is 0 Å². The van der Waals surface area contributed by atoms with Crippen molar-refractivity contribution in [2.24, 2.45) is 11.8 Å². The zero-order valence-electron chi connectivity index (χ0n) is 11.6. The van der Waals surface area contributed by atoms with Gasteiger partial charge in [0.15, 0.2) is 5.82 Å². The molecular weight excluding hydrogens is 317 g/mol. The molecule has 1 aromatic carbocycles. The third kappa shape index (κ3) is 3.94. The summed E-state index contributed by atoms with van der Waals surface area (Å²) in [5, 5.41) is 9.12. The molecule has 2 rings (SSSR count). The molecule has 21 heavy (non-hydrogen) atoms. The normalized spacial score (nSPS) is 23.2. The third-order valence-electron chi connectivity index (χ3n) is 4.04. The SMILES string of the molecule is O=S(=O)(NCC1CCCCC1CO)c1cccc(Cl)c1F. The Balaban J connectivity index is 2.09. The largest absolute Gasteiger partial charge is 0.396 e. The van der Waals surface area contributed by atoms with Gasteiger partial charge in [-0.3, -0.25) is 0 Å². The third-order valence-corrected chi connectivity index (χ3v) is 5.78. The van der Waals surface area contributed by atoms with Gasteiger partial charge in [-0.25, -0.2) is 17.5 Å². The number of hydrogen-bond donors (Lipinski definition) is 2. The molecule has 2 N–H and O–H groups in total. The molecule has 1 aromatic rings. The lowest BCUT2D eigenvalue weighted by atomic mass is 9.80. The van der Waals surface area contributed by atoms with Crippen LogP contribution in [0.1, 0.15) is 25.7 Å². The van der Waals surface area contributed by atoms with E-state index in [1.807, 2.05) is 0 Å². The van der Waals surface area contributed by atoms with Crippen molar-refractivity contribution in [3.8, 4) is 0 Å². The molecule has 7 heteroatoms. The highest BCUT2D eigenvalue weighted by Gasteiger charge is 2.27. The average Bonchev–Trinajstić information content (AvgIpc) is 2.48. The van der Waals surface area contributed by atoms with Crippen molar-refractivity contribution in [3.05, 3.63) is 29.0 Å². The summed E-state index contributed by atoms with van der Waals surface area (Å²) in [4.78, 5) is -0.439. The molecule has 0 radical (unpaired) electrons. The van der Waals surface area contributed by atoms with Crippen molar-refractivity contribution in [1.29, 1.82) is 0 Å². The second-order valence-electron chi connectivity index (χ2n) is 5.39. The van der Waals surface area contributed by atoms with Crippen LogP contribution in [-0.2, 0) is 10.0 Å². The Morgan fingerprint density at radius 3 is 2.62 bits per heavy atom. The van der Waals surface area contributed by atoms with E-state index < -0.39 is 20.7 Å². The molecule has 0 aliphatic heterocycles. The van der Waals surface area contributed by atoms with E-state index in [1.165, 1.54) is 18.2 Å². The lowest BCUT2D eigenvalue weighted by Gasteiger charge is -2.30. The number of nitrogens with one attached hydrogen (secondary N) is 1. The molecular formula is C14H19ClFNO3S. The first-order valence-electron chi connectivity index (χ1n) is 7.00. The van der Waals surface area contributed by atoms with Crippen molar-refractivity contribution in [3.63, 3.8) is 0 Å². The summed E-state index contributed by atoms with van der Waals surface area (Å²) in [5.41, 5.74) is 0. The van der Waals surface area contributed by atoms with Gasteiger partial charge in [-0.15, -0.1) is 0 Å². The van der Waals surface area contributed by atoms with Crippen LogP contribution in [-0.4, -0.2) is 26.7 Å². The fourth-order valence-corrected chi connectivity index (χ4v) is 4.20. The number of aliphatic hydroxyl groups excluding tert-OH is 1. The predicted octanol–water partition coefficient (Wildman–Crippen LogP) is 2.56. The maximum Gasteiger partial charge on any atom is 0.243 e. The number of hydrogen-bond acceptors (Lipinski definition) is 3. The van der Waals surface area contributed by atoms with Crippen LogP contribution >= 0.6 is 11.6 Å². The molecule has 1 aliphatic carbocycles. The molecule has 118 valence electrons. The van der Waals surface area contributed by atoms with Gasteiger partial charge in [0.2, 0.25) is 10.0 Å². The van der Waals surface area contributed by atoms with Gasteiger partial charge in [0.25, 0.3) is 0 Å². The molecule has 0 aromatic heterocycles. The topological polar surface area (TPSA) is 66.4 Å². The van der Waals surface area contributed by atoms with Crippen LogP contribution < -0.4 is 4.72 Å². The number of aliphatic hydroxyl groups is 1. The first kappa shape index (κ1) is 16.7. The van der Waals surface area contributed by atoms with Crippen LogP contribution in [0, 0.1) is 17.7 Å². The van der Waals surface area contributed by atoms with Gasteiger partial charge in [0.1, 0.15) is 4.90 Å². The van der Waals surface area contributed by atoms with E-state index in [0.717, 1.165) is 25.7 Å². The minimum absolute atomic E-state index is 0.0535. The molecule has 0 amide bonds. The van der Waals surface area contributed by atoms with Crippen molar-refractivity contribution in [1.82, 2.24) is 4.72 Å². The fourth-order valence-electron chi connectivity index (χ4n) is 2.78. The van der Waals surface area contributed by atoms with Crippen LogP contribution in [0.2, 0.25) is 5.02 Å². The van der Waals surface area contributed by atoms with Crippen molar-refractivity contribution < 1.29 is 17.9 Å². The zero-order chi connectivity index (χ0) is 15.5. The summed E-state index contributed by atoms with van der Waals surface area (Å²) in [5.74, 6) is -0.750. The molecule has 0 spiro atoms. The highest BCUT2D eigenvalue weighted by atomic mass is 35.5. The maximum absolute atomic E-state index is 13.8. The summed E-state index contributed by atoms with van der Waals surface area (Å²) < 4.78 is 40.6. The maximum atomic E-state index is 13.8. The number of rotatable bonds is 5. The quantitative estimate of drug-likeness (QED) is 0.869. The first-order chi connectivity index (χ1) is 9.95. The number of halogens is 2. The van der Waals surface area contributed by atoms with Gasteiger partial charge in [0.05, 0.1) is 5.02 Å². The highest BCUT2D eigenvalue weighted by molar-refractivity contribution is 7.89. The zero-order valence-corrected chi connectivity index (χ0v) is 13.1. The fraction of sp³-hybridized carbons (Fsp3) is 0.571. The van der Waals surface area contributed by atoms with Crippen LogP contribution in [0.5, 0.6) is 0 Å². The van der Waals surface area contributed by atoms with Crippen LogP contribution in [0.4, 0.5) is 4.39 Å². The summed E-state index contributed by atoms with van der Waals surface area (Å²) in [6.07, 6.45) is 3.84. The standard InChI is InChI=1S/C14H19ClFNO3S/c15-12-6-3-7-13(14(12)16)21(19,20)17-8-10-4-1-2-5-11(10)9-18/h3,6-7,10-11,17-18H,1-2,4-5,8-9H2. The highest BCUT2D eigenvalue weighted by Crippen LogP contribution is 2.29. The summed E-state index contributed by atoms with van der Waals surface area (Å²) in [7, 11) is -3.94. The monoisotopic (exact) mass is 335 g/mol. The molecule has 0 saturated heterocycles. The van der Waals surface area contributed by atoms with E-state index in [4.69, 9.17) is 11.6 Å². The second kappa shape index (κ2) is 7.05. The number of sulfonamides is 1. The summed E-state index contributed by atoms with van der Waals surface area (Å²) in [6, 6.07) is 3.89. The Labute approximate surface area is 129 Å². The van der Waals surface area contributed by atoms with Gasteiger partial charge in [-0.1, -0.05) is 30.5 Å². The number of benzene rings is 1. The molecule has 2 atom stereocenters. The summed E-state index contributed by atoms with van der Waals surface area (Å²) >= 11 is 5.61. The Hall–Kier alpha value is -0.690. The predicted molar refractivity (Wildman–Crippen MR) is 79.1 cm³/mol. The second-order valence-corrected chi connectivity index (χ2v) is 7.53. The van der Waals surface area contributed by atoms with Gasteiger partial charge in [-0.05, 0) is 36.8 Å². The molecule has 1 fully saturated rings. The van der Waals surface area contributed by atoms with Crippen LogP contribution in [0.25, 0.3) is 0 Å². The minimum atomic E-state index is -3.94. The Morgan fingerprint density at radius 2 is 1.95 bits per heavy atom. The van der Waals surface area contributed by atoms with Crippen molar-refractivity contribution in [2.45, 2.75) is 30.6 Å². The molecule has 1 saturated carbocycles. The lowest BCUT2D eigenvalue weighted by Crippen LogP contribution is -2.35. The lowest BCUT2D eigenvalue weighted by molar-refractivity contribution is 0.136. The Kier molecular flexibility index (Phi) is 5.60. The smallest absolute Gasteiger partial charge is 0.243 e. The van der Waals surface area contributed by atoms with Gasteiger partial charge < -0.3 is 5.11 Å².